The number of fused-ring (bicyclic) bond motifs is 1. The van der Waals surface area contributed by atoms with Crippen molar-refractivity contribution < 1.29 is 4.21 Å². The molecule has 130 valence electrons. The molecule has 4 rings (SSSR count). The molecule has 5 nitrogen and oxygen atoms in total. The van der Waals surface area contributed by atoms with Gasteiger partial charge < -0.3 is 5.21 Å². The number of hydrogen-bond donors (Lipinski definition) is 0. The molecule has 0 spiro atoms. The van der Waals surface area contributed by atoms with Crippen LogP contribution < -0.4 is 4.05 Å². The van der Waals surface area contributed by atoms with E-state index in [-0.39, 0.29) is 6.04 Å². The number of benzene rings is 2. The van der Waals surface area contributed by atoms with Crippen LogP contribution in [-0.4, -0.2) is 34.5 Å². The van der Waals surface area contributed by atoms with Gasteiger partial charge in [0.1, 0.15) is 6.04 Å². The maximum atomic E-state index is 13.6. The van der Waals surface area contributed by atoms with Crippen molar-refractivity contribution in [2.24, 2.45) is 4.40 Å². The Morgan fingerprint density at radius 3 is 2.52 bits per heavy atom. The quantitative estimate of drug-likeness (QED) is 0.628. The predicted octanol–water partition coefficient (Wildman–Crippen LogP) is 3.17. The molecule has 0 N–H and O–H groups in total. The van der Waals surface area contributed by atoms with Crippen molar-refractivity contribution in [1.82, 2.24) is 8.95 Å². The van der Waals surface area contributed by atoms with Crippen molar-refractivity contribution >= 4 is 23.1 Å². The Morgan fingerprint density at radius 2 is 1.76 bits per heavy atom. The lowest BCUT2D eigenvalue weighted by atomic mass is 10.0. The minimum Gasteiger partial charge on any atom is -0.611 e. The number of hydrogen-bond acceptors (Lipinski definition) is 3. The summed E-state index contributed by atoms with van der Waals surface area (Å²) in [6.45, 7) is 2.57. The van der Waals surface area contributed by atoms with Crippen molar-refractivity contribution in [3.63, 3.8) is 0 Å². The van der Waals surface area contributed by atoms with Crippen molar-refractivity contribution in [1.29, 1.82) is 0 Å². The first kappa shape index (κ1) is 16.6. The lowest BCUT2D eigenvalue weighted by molar-refractivity contribution is 0.173. The zero-order valence-electron chi connectivity index (χ0n) is 14.0. The second-order valence-electron chi connectivity index (χ2n) is 6.61. The van der Waals surface area contributed by atoms with Gasteiger partial charge in [-0.05, 0) is 11.6 Å². The van der Waals surface area contributed by atoms with Gasteiger partial charge in [0.05, 0.1) is 11.8 Å². The monoisotopic (exact) mass is 355 g/mol. The van der Waals surface area contributed by atoms with Crippen molar-refractivity contribution in [3.8, 4) is 0 Å². The average Bonchev–Trinajstić information content (AvgIpc) is 2.66. The second kappa shape index (κ2) is 6.80. The van der Waals surface area contributed by atoms with Crippen LogP contribution in [0.25, 0.3) is 0 Å². The number of piperidine rings is 1. The van der Waals surface area contributed by atoms with E-state index in [2.05, 4.69) is 21.4 Å². The summed E-state index contributed by atoms with van der Waals surface area (Å²) in [4.78, 5) is 2.36. The second-order valence-corrected chi connectivity index (χ2v) is 7.83. The molecule has 2 aliphatic heterocycles. The third-order valence-corrected chi connectivity index (χ3v) is 6.32. The first-order chi connectivity index (χ1) is 12.2. The smallest absolute Gasteiger partial charge is 0.344 e. The average molecular weight is 355 g/mol. The SMILES string of the molecule is O=S1N=Cc2ccccc2[N+]1([O-])C1CCN(Cc2ccccc2)CC1. The van der Waals surface area contributed by atoms with Crippen LogP contribution in [0.2, 0.25) is 0 Å². The standard InChI is InChI=1S/C19H21N3O2S/c23-22(19-9-5-4-8-17(19)14-20-25(22)24)18-10-12-21(13-11-18)15-16-6-2-1-3-7-16/h1-9,14,18H,10-13,15H2. The van der Waals surface area contributed by atoms with E-state index in [9.17, 15) is 9.42 Å². The van der Waals surface area contributed by atoms with E-state index in [4.69, 9.17) is 0 Å². The van der Waals surface area contributed by atoms with Crippen LogP contribution in [-0.2, 0) is 17.7 Å². The maximum Gasteiger partial charge on any atom is 0.344 e. The molecule has 0 amide bonds. The summed E-state index contributed by atoms with van der Waals surface area (Å²) in [5.74, 6) is 0. The highest BCUT2D eigenvalue weighted by molar-refractivity contribution is 7.83. The molecule has 2 aromatic rings. The van der Waals surface area contributed by atoms with Gasteiger partial charge in [-0.25, -0.2) is 4.05 Å². The van der Waals surface area contributed by atoms with Gasteiger partial charge in [-0.15, -0.1) is 4.40 Å². The maximum absolute atomic E-state index is 13.6. The van der Waals surface area contributed by atoms with Gasteiger partial charge in [-0.2, -0.15) is 4.21 Å². The molecule has 1 fully saturated rings. The van der Waals surface area contributed by atoms with E-state index in [1.807, 2.05) is 36.4 Å². The summed E-state index contributed by atoms with van der Waals surface area (Å²) in [5, 5.41) is 13.6. The Balaban J connectivity index is 1.50. The molecule has 0 aliphatic carbocycles. The first-order valence-electron chi connectivity index (χ1n) is 8.60. The number of nitrogens with zero attached hydrogens (tertiary/aromatic N) is 3. The fraction of sp³-hybridized carbons (Fsp3) is 0.316. The van der Waals surface area contributed by atoms with Crippen molar-refractivity contribution in [2.45, 2.75) is 25.4 Å². The Bertz CT molecular complexity index is 803. The minimum absolute atomic E-state index is 0.216. The summed E-state index contributed by atoms with van der Waals surface area (Å²) in [6.07, 6.45) is 3.02. The Kier molecular flexibility index (Phi) is 4.52. The molecule has 0 radical (unpaired) electrons. The molecule has 2 aliphatic rings. The topological polar surface area (TPSA) is 55.7 Å². The van der Waals surface area contributed by atoms with Gasteiger partial charge in [0.25, 0.3) is 0 Å². The molecule has 0 aromatic heterocycles. The number of para-hydroxylation sites is 1. The number of hydroxylamine groups is 1. The third kappa shape index (κ3) is 3.06. The van der Waals surface area contributed by atoms with Crippen LogP contribution >= 0.6 is 0 Å². The number of rotatable bonds is 3. The molecule has 6 heteroatoms. The van der Waals surface area contributed by atoms with Crippen LogP contribution in [0.4, 0.5) is 5.69 Å². The van der Waals surface area contributed by atoms with Crippen molar-refractivity contribution in [2.75, 3.05) is 13.1 Å². The van der Waals surface area contributed by atoms with Gasteiger partial charge in [-0.3, -0.25) is 4.90 Å². The molecule has 2 atom stereocenters. The molecule has 2 aromatic carbocycles. The third-order valence-electron chi connectivity index (χ3n) is 5.07. The molecule has 2 heterocycles. The first-order valence-corrected chi connectivity index (χ1v) is 9.66. The Labute approximate surface area is 150 Å². The summed E-state index contributed by atoms with van der Waals surface area (Å²) in [5.41, 5.74) is 2.64. The molecule has 1 saturated heterocycles. The van der Waals surface area contributed by atoms with Gasteiger partial charge in [0.2, 0.25) is 0 Å². The van der Waals surface area contributed by atoms with Crippen LogP contribution in [0.15, 0.2) is 59.0 Å². The lowest BCUT2D eigenvalue weighted by Crippen LogP contribution is -2.57. The molecular weight excluding hydrogens is 334 g/mol. The van der Waals surface area contributed by atoms with Crippen LogP contribution in [0, 0.1) is 5.21 Å². The van der Waals surface area contributed by atoms with E-state index >= 15 is 0 Å². The van der Waals surface area contributed by atoms with Crippen LogP contribution in [0.1, 0.15) is 24.0 Å². The number of likely N-dealkylation sites (tertiary alicyclic amines) is 1. The Hall–Kier alpha value is -1.86. The summed E-state index contributed by atoms with van der Waals surface area (Å²) in [6, 6.07) is 17.5. The summed E-state index contributed by atoms with van der Waals surface area (Å²) < 4.78 is 15.7. The van der Waals surface area contributed by atoms with E-state index < -0.39 is 15.2 Å². The highest BCUT2D eigenvalue weighted by Crippen LogP contribution is 2.37. The molecule has 0 bridgehead atoms. The summed E-state index contributed by atoms with van der Waals surface area (Å²) in [7, 11) is 0. The number of quaternary nitrogens is 1. The van der Waals surface area contributed by atoms with Gasteiger partial charge >= 0.3 is 11.2 Å². The molecular formula is C19H21N3O2S. The van der Waals surface area contributed by atoms with E-state index in [1.165, 1.54) is 5.56 Å². The zero-order valence-corrected chi connectivity index (χ0v) is 14.8. The highest BCUT2D eigenvalue weighted by Gasteiger charge is 2.42. The van der Waals surface area contributed by atoms with E-state index in [0.717, 1.165) is 38.0 Å². The van der Waals surface area contributed by atoms with Gasteiger partial charge in [-0.1, -0.05) is 42.5 Å². The van der Waals surface area contributed by atoms with Crippen molar-refractivity contribution in [3.05, 3.63) is 70.9 Å². The normalized spacial score (nSPS) is 27.2. The zero-order chi connectivity index (χ0) is 17.3. The van der Waals surface area contributed by atoms with E-state index in [0.29, 0.717) is 5.69 Å². The van der Waals surface area contributed by atoms with Crippen LogP contribution in [0.3, 0.4) is 0 Å². The van der Waals surface area contributed by atoms with Crippen LogP contribution in [0.5, 0.6) is 0 Å². The highest BCUT2D eigenvalue weighted by atomic mass is 32.2. The molecule has 25 heavy (non-hydrogen) atoms. The minimum atomic E-state index is -1.82. The largest absolute Gasteiger partial charge is 0.611 e. The molecule has 0 saturated carbocycles. The fourth-order valence-corrected chi connectivity index (χ4v) is 4.86. The fourth-order valence-electron chi connectivity index (χ4n) is 3.72. The molecule has 2 unspecified atom stereocenters. The predicted molar refractivity (Wildman–Crippen MR) is 102 cm³/mol. The van der Waals surface area contributed by atoms with Gasteiger partial charge in [0.15, 0.2) is 5.69 Å². The lowest BCUT2D eigenvalue weighted by Gasteiger charge is -2.48. The van der Waals surface area contributed by atoms with E-state index in [1.54, 1.807) is 12.3 Å². The van der Waals surface area contributed by atoms with Gasteiger partial charge in [0, 0.05) is 38.5 Å². The Morgan fingerprint density at radius 1 is 1.08 bits per heavy atom. The summed E-state index contributed by atoms with van der Waals surface area (Å²) >= 11 is -1.82.